The van der Waals surface area contributed by atoms with Crippen LogP contribution in [0.4, 0.5) is 0 Å². The molecule has 0 aliphatic rings. The summed E-state index contributed by atoms with van der Waals surface area (Å²) in [6.07, 6.45) is 0. The van der Waals surface area contributed by atoms with E-state index < -0.39 is 0 Å². The number of rotatable bonds is 4. The average Bonchev–Trinajstić information content (AvgIpc) is 3.73. The molecule has 0 spiro atoms. The normalized spacial score (nSPS) is 11.8. The van der Waals surface area contributed by atoms with Crippen LogP contribution in [-0.4, -0.2) is 0 Å². The van der Waals surface area contributed by atoms with Gasteiger partial charge < -0.3 is 0 Å². The molecule has 8 aromatic carbocycles. The van der Waals surface area contributed by atoms with Crippen molar-refractivity contribution < 1.29 is 0 Å². The van der Waals surface area contributed by atoms with Gasteiger partial charge in [-0.2, -0.15) is 0 Å². The lowest BCUT2D eigenvalue weighted by Gasteiger charge is -2.05. The minimum atomic E-state index is 1.25. The van der Waals surface area contributed by atoms with E-state index >= 15 is 0 Å². The molecule has 0 aliphatic heterocycles. The summed E-state index contributed by atoms with van der Waals surface area (Å²) in [6.45, 7) is 0. The zero-order valence-electron chi connectivity index (χ0n) is 26.0. The third kappa shape index (κ3) is 4.49. The van der Waals surface area contributed by atoms with Crippen LogP contribution >= 0.6 is 22.7 Å². The van der Waals surface area contributed by atoms with Crippen LogP contribution in [0.3, 0.4) is 0 Å². The van der Waals surface area contributed by atoms with E-state index in [0.717, 1.165) is 0 Å². The van der Waals surface area contributed by atoms with Crippen molar-refractivity contribution in [3.63, 3.8) is 0 Å². The summed E-state index contributed by atoms with van der Waals surface area (Å²) in [5.74, 6) is 0. The van der Waals surface area contributed by atoms with Crippen molar-refractivity contribution in [1.29, 1.82) is 0 Å². The third-order valence-corrected chi connectivity index (χ3v) is 12.1. The van der Waals surface area contributed by atoms with Crippen molar-refractivity contribution >= 4 is 73.8 Å². The van der Waals surface area contributed by atoms with E-state index in [-0.39, 0.29) is 0 Å². The molecule has 0 fully saturated rings. The zero-order chi connectivity index (χ0) is 31.6. The molecule has 0 unspecified atom stereocenters. The smallest absolute Gasteiger partial charge is 0.0434 e. The van der Waals surface area contributed by atoms with Gasteiger partial charge in [-0.15, -0.1) is 22.7 Å². The van der Waals surface area contributed by atoms with Crippen LogP contribution in [0.1, 0.15) is 0 Å². The average molecular weight is 645 g/mol. The Bertz CT molecular complexity index is 2590. The fourth-order valence-electron chi connectivity index (χ4n) is 7.20. The molecular formula is C46H28S2. The molecule has 224 valence electrons. The molecule has 0 bridgehead atoms. The number of thiophene rings is 2. The van der Waals surface area contributed by atoms with E-state index in [0.29, 0.717) is 0 Å². The van der Waals surface area contributed by atoms with E-state index in [2.05, 4.69) is 170 Å². The van der Waals surface area contributed by atoms with E-state index in [9.17, 15) is 0 Å². The molecule has 0 radical (unpaired) electrons. The van der Waals surface area contributed by atoms with Crippen LogP contribution in [0, 0.1) is 0 Å². The number of fused-ring (bicyclic) bond motifs is 9. The van der Waals surface area contributed by atoms with Crippen LogP contribution < -0.4 is 0 Å². The van der Waals surface area contributed by atoms with Crippen LogP contribution in [0.5, 0.6) is 0 Å². The maximum Gasteiger partial charge on any atom is 0.0434 e. The number of hydrogen-bond acceptors (Lipinski definition) is 2. The van der Waals surface area contributed by atoms with Gasteiger partial charge in [0.15, 0.2) is 0 Å². The van der Waals surface area contributed by atoms with E-state index in [1.807, 2.05) is 22.7 Å². The molecule has 2 heteroatoms. The lowest BCUT2D eigenvalue weighted by molar-refractivity contribution is 1.60. The van der Waals surface area contributed by atoms with Crippen molar-refractivity contribution in [2.45, 2.75) is 0 Å². The van der Waals surface area contributed by atoms with Crippen molar-refractivity contribution in [2.75, 3.05) is 0 Å². The standard InChI is InChI=1S/C46H28S2/c1-3-7-29(8-4-1)31-11-15-33(16-12-31)35-19-21-37-39-23-25-42-41(45(39)47-43(37)27-35)26-24-40-38-22-20-36(28-44(38)48-46(40)42)34-17-13-32(14-18-34)30-9-5-2-6-10-30/h1-28H. The Kier molecular flexibility index (Phi) is 6.33. The maximum absolute atomic E-state index is 2.37. The fourth-order valence-corrected chi connectivity index (χ4v) is 9.74. The quantitative estimate of drug-likeness (QED) is 0.179. The molecule has 2 heterocycles. The predicted octanol–water partition coefficient (Wildman–Crippen LogP) is 14.2. The topological polar surface area (TPSA) is 0 Å². The first-order valence-electron chi connectivity index (χ1n) is 16.3. The second kappa shape index (κ2) is 11.0. The molecule has 2 aromatic heterocycles. The summed E-state index contributed by atoms with van der Waals surface area (Å²) in [7, 11) is 0. The van der Waals surface area contributed by atoms with Crippen LogP contribution in [0.2, 0.25) is 0 Å². The molecule has 48 heavy (non-hydrogen) atoms. The highest BCUT2D eigenvalue weighted by atomic mass is 32.1. The summed E-state index contributed by atoms with van der Waals surface area (Å²) in [5.41, 5.74) is 10.0. The Morgan fingerprint density at radius 1 is 0.229 bits per heavy atom. The van der Waals surface area contributed by atoms with Crippen molar-refractivity contribution in [3.8, 4) is 44.5 Å². The van der Waals surface area contributed by atoms with E-state index in [1.165, 1.54) is 95.6 Å². The Morgan fingerprint density at radius 2 is 0.500 bits per heavy atom. The molecule has 0 aliphatic carbocycles. The summed E-state index contributed by atoms with van der Waals surface area (Å²) in [5, 5.41) is 8.05. The van der Waals surface area contributed by atoms with Gasteiger partial charge in [0.2, 0.25) is 0 Å². The molecule has 0 nitrogen and oxygen atoms in total. The Morgan fingerprint density at radius 3 is 0.875 bits per heavy atom. The fraction of sp³-hybridized carbons (Fsp3) is 0. The third-order valence-electron chi connectivity index (χ3n) is 9.72. The monoisotopic (exact) mass is 644 g/mol. The molecular weight excluding hydrogens is 617 g/mol. The molecule has 10 rings (SSSR count). The van der Waals surface area contributed by atoms with Gasteiger partial charge in [0.1, 0.15) is 0 Å². The van der Waals surface area contributed by atoms with Gasteiger partial charge in [0.05, 0.1) is 0 Å². The van der Waals surface area contributed by atoms with E-state index in [1.54, 1.807) is 0 Å². The number of benzene rings is 8. The molecule has 0 N–H and O–H groups in total. The second-order valence-electron chi connectivity index (χ2n) is 12.5. The van der Waals surface area contributed by atoms with Crippen LogP contribution in [0.25, 0.3) is 95.6 Å². The first-order valence-corrected chi connectivity index (χ1v) is 18.0. The molecule has 0 saturated carbocycles. The first-order chi connectivity index (χ1) is 23.8. The van der Waals surface area contributed by atoms with Gasteiger partial charge in [-0.05, 0) is 56.6 Å². The summed E-state index contributed by atoms with van der Waals surface area (Å²) in [6, 6.07) is 62.4. The zero-order valence-corrected chi connectivity index (χ0v) is 27.6. The Hall–Kier alpha value is -5.54. The van der Waals surface area contributed by atoms with Gasteiger partial charge in [-0.25, -0.2) is 0 Å². The minimum Gasteiger partial charge on any atom is -0.135 e. The highest BCUT2D eigenvalue weighted by molar-refractivity contribution is 7.28. The highest BCUT2D eigenvalue weighted by Crippen LogP contribution is 2.45. The minimum absolute atomic E-state index is 1.25. The first kappa shape index (κ1) is 27.6. The van der Waals surface area contributed by atoms with Crippen LogP contribution in [0.15, 0.2) is 170 Å². The molecule has 0 saturated heterocycles. The largest absolute Gasteiger partial charge is 0.135 e. The highest BCUT2D eigenvalue weighted by Gasteiger charge is 2.15. The summed E-state index contributed by atoms with van der Waals surface area (Å²) < 4.78 is 5.42. The lowest BCUT2D eigenvalue weighted by atomic mass is 9.98. The SMILES string of the molecule is c1ccc(-c2ccc(-c3ccc4c(c3)sc3c4ccc4c3ccc3c5ccc(-c6ccc(-c7ccccc7)cc6)cc5sc34)cc2)cc1. The van der Waals surface area contributed by atoms with Gasteiger partial charge in [0.25, 0.3) is 0 Å². The number of hydrogen-bond donors (Lipinski definition) is 0. The summed E-state index contributed by atoms with van der Waals surface area (Å²) >= 11 is 3.84. The Balaban J connectivity index is 1.03. The molecule has 0 atom stereocenters. The molecule has 0 amide bonds. The van der Waals surface area contributed by atoms with Gasteiger partial charge in [-0.1, -0.05) is 158 Å². The van der Waals surface area contributed by atoms with Crippen molar-refractivity contribution in [1.82, 2.24) is 0 Å². The Labute approximate surface area is 286 Å². The van der Waals surface area contributed by atoms with Crippen molar-refractivity contribution in [3.05, 3.63) is 170 Å². The maximum atomic E-state index is 2.37. The van der Waals surface area contributed by atoms with Gasteiger partial charge >= 0.3 is 0 Å². The second-order valence-corrected chi connectivity index (χ2v) is 14.6. The predicted molar refractivity (Wildman–Crippen MR) is 211 cm³/mol. The molecule has 10 aromatic rings. The van der Waals surface area contributed by atoms with Crippen LogP contribution in [-0.2, 0) is 0 Å². The van der Waals surface area contributed by atoms with Gasteiger partial charge in [-0.3, -0.25) is 0 Å². The van der Waals surface area contributed by atoms with Crippen molar-refractivity contribution in [2.24, 2.45) is 0 Å². The lowest BCUT2D eigenvalue weighted by Crippen LogP contribution is -1.80. The summed E-state index contributed by atoms with van der Waals surface area (Å²) in [4.78, 5) is 0. The van der Waals surface area contributed by atoms with E-state index in [4.69, 9.17) is 0 Å². The van der Waals surface area contributed by atoms with Gasteiger partial charge in [0, 0.05) is 51.1 Å².